The van der Waals surface area contributed by atoms with Gasteiger partial charge in [-0.1, -0.05) is 0 Å². The Kier molecular flexibility index (Phi) is 8.28. The van der Waals surface area contributed by atoms with Crippen LogP contribution in [0.15, 0.2) is 41.3 Å². The predicted octanol–water partition coefficient (Wildman–Crippen LogP) is 2.16. The highest BCUT2D eigenvalue weighted by Gasteiger charge is 2.27. The largest absolute Gasteiger partial charge is 0.508 e. The first-order valence-corrected chi connectivity index (χ1v) is 9.80. The molecule has 2 unspecified atom stereocenters. The van der Waals surface area contributed by atoms with Gasteiger partial charge in [-0.25, -0.2) is 12.9 Å². The summed E-state index contributed by atoms with van der Waals surface area (Å²) < 4.78 is 31.3. The van der Waals surface area contributed by atoms with Gasteiger partial charge in [0.25, 0.3) is 6.26 Å². The SMILES string of the molecule is N#COc1ccc(S(=O)N2CCC(CO)C2)c(C#N)c1.N#Cc1ccc(O)cc1F. The zero-order valence-corrected chi connectivity index (χ0v) is 16.5. The first-order chi connectivity index (χ1) is 14.4. The van der Waals surface area contributed by atoms with E-state index in [0.29, 0.717) is 18.0 Å². The number of aliphatic hydroxyl groups is 1. The summed E-state index contributed by atoms with van der Waals surface area (Å²) in [6.45, 7) is 1.25. The molecule has 0 aromatic heterocycles. The number of phenolic OH excluding ortho intramolecular Hbond substituents is 1. The third-order valence-corrected chi connectivity index (χ3v) is 5.77. The lowest BCUT2D eigenvalue weighted by atomic mass is 10.1. The average Bonchev–Trinajstić information content (AvgIpc) is 3.23. The lowest BCUT2D eigenvalue weighted by Gasteiger charge is -2.15. The fourth-order valence-corrected chi connectivity index (χ4v) is 4.07. The van der Waals surface area contributed by atoms with Crippen LogP contribution in [0.25, 0.3) is 0 Å². The lowest BCUT2D eigenvalue weighted by molar-refractivity contribution is 0.233. The van der Waals surface area contributed by atoms with E-state index in [-0.39, 0.29) is 35.2 Å². The van der Waals surface area contributed by atoms with Crippen molar-refractivity contribution in [2.24, 2.45) is 5.92 Å². The van der Waals surface area contributed by atoms with E-state index in [4.69, 9.17) is 26.0 Å². The molecule has 1 saturated heterocycles. The molecule has 1 heterocycles. The highest BCUT2D eigenvalue weighted by atomic mass is 32.2. The molecule has 10 heteroatoms. The zero-order valence-electron chi connectivity index (χ0n) is 15.7. The third-order valence-electron chi connectivity index (χ3n) is 4.24. The number of benzene rings is 2. The molecule has 3 rings (SSSR count). The van der Waals surface area contributed by atoms with Crippen LogP contribution in [-0.2, 0) is 11.0 Å². The molecule has 2 aromatic carbocycles. The molecular weight excluding hydrogens is 411 g/mol. The topological polar surface area (TPSA) is 141 Å². The van der Waals surface area contributed by atoms with Crippen LogP contribution >= 0.6 is 0 Å². The van der Waals surface area contributed by atoms with Gasteiger partial charge >= 0.3 is 0 Å². The monoisotopic (exact) mass is 428 g/mol. The quantitative estimate of drug-likeness (QED) is 0.711. The van der Waals surface area contributed by atoms with E-state index in [9.17, 15) is 8.60 Å². The van der Waals surface area contributed by atoms with Gasteiger partial charge in [0.15, 0.2) is 0 Å². The van der Waals surface area contributed by atoms with Crippen LogP contribution in [0.4, 0.5) is 4.39 Å². The predicted molar refractivity (Wildman–Crippen MR) is 103 cm³/mol. The zero-order chi connectivity index (χ0) is 22.1. The number of aliphatic hydroxyl groups excluding tert-OH is 1. The highest BCUT2D eigenvalue weighted by molar-refractivity contribution is 7.82. The van der Waals surface area contributed by atoms with Crippen LogP contribution in [0.2, 0.25) is 0 Å². The third kappa shape index (κ3) is 5.76. The normalized spacial score (nSPS) is 16.3. The number of ether oxygens (including phenoxy) is 1. The number of aromatic hydroxyl groups is 1. The Morgan fingerprint density at radius 1 is 1.17 bits per heavy atom. The summed E-state index contributed by atoms with van der Waals surface area (Å²) in [6, 6.07) is 11.4. The van der Waals surface area contributed by atoms with Gasteiger partial charge in [-0.2, -0.15) is 10.5 Å². The summed E-state index contributed by atoms with van der Waals surface area (Å²) in [6.07, 6.45) is 2.32. The highest BCUT2D eigenvalue weighted by Crippen LogP contribution is 2.25. The first-order valence-electron chi connectivity index (χ1n) is 8.69. The second kappa shape index (κ2) is 10.9. The molecule has 0 spiro atoms. The molecule has 2 atom stereocenters. The Hall–Kier alpha value is -3.49. The lowest BCUT2D eigenvalue weighted by Crippen LogP contribution is -2.24. The van der Waals surface area contributed by atoms with Gasteiger partial charge in [-0.3, -0.25) is 0 Å². The smallest absolute Gasteiger partial charge is 0.292 e. The van der Waals surface area contributed by atoms with Crippen molar-refractivity contribution in [2.45, 2.75) is 11.3 Å². The van der Waals surface area contributed by atoms with Gasteiger partial charge < -0.3 is 14.9 Å². The fourth-order valence-electron chi connectivity index (χ4n) is 2.70. The van der Waals surface area contributed by atoms with E-state index in [2.05, 4.69) is 4.74 Å². The number of rotatable bonds is 4. The van der Waals surface area contributed by atoms with Gasteiger partial charge in [-0.05, 0) is 36.6 Å². The maximum absolute atomic E-state index is 12.5. The van der Waals surface area contributed by atoms with Crippen molar-refractivity contribution in [3.63, 3.8) is 0 Å². The van der Waals surface area contributed by atoms with Crippen LogP contribution in [0.5, 0.6) is 11.5 Å². The van der Waals surface area contributed by atoms with Crippen LogP contribution in [-0.4, -0.2) is 38.4 Å². The van der Waals surface area contributed by atoms with Crippen LogP contribution in [0.1, 0.15) is 17.5 Å². The van der Waals surface area contributed by atoms with Crippen molar-refractivity contribution in [3.8, 4) is 29.9 Å². The summed E-state index contributed by atoms with van der Waals surface area (Å²) in [7, 11) is -1.44. The first kappa shape index (κ1) is 22.8. The second-order valence-electron chi connectivity index (χ2n) is 6.21. The molecule has 2 aromatic rings. The van der Waals surface area contributed by atoms with Gasteiger partial charge in [0.2, 0.25) is 0 Å². The van der Waals surface area contributed by atoms with Crippen LogP contribution in [0.3, 0.4) is 0 Å². The van der Waals surface area contributed by atoms with Gasteiger partial charge in [0, 0.05) is 31.8 Å². The summed E-state index contributed by atoms with van der Waals surface area (Å²) in [4.78, 5) is 0.399. The molecule has 1 aliphatic heterocycles. The molecule has 0 bridgehead atoms. The van der Waals surface area contributed by atoms with Crippen LogP contribution < -0.4 is 4.74 Å². The van der Waals surface area contributed by atoms with Gasteiger partial charge in [0.05, 0.1) is 16.0 Å². The van der Waals surface area contributed by atoms with E-state index < -0.39 is 16.8 Å². The van der Waals surface area contributed by atoms with Crippen LogP contribution in [0, 0.1) is 45.9 Å². The molecular formula is C20H17FN4O4S. The molecule has 0 aliphatic carbocycles. The minimum atomic E-state index is -1.44. The van der Waals surface area contributed by atoms with E-state index >= 15 is 0 Å². The van der Waals surface area contributed by atoms with Crippen molar-refractivity contribution in [3.05, 3.63) is 53.3 Å². The van der Waals surface area contributed by atoms with E-state index in [1.807, 2.05) is 6.07 Å². The van der Waals surface area contributed by atoms with Crippen molar-refractivity contribution in [1.82, 2.24) is 4.31 Å². The maximum Gasteiger partial charge on any atom is 0.292 e. The van der Waals surface area contributed by atoms with Crippen molar-refractivity contribution in [2.75, 3.05) is 19.7 Å². The van der Waals surface area contributed by atoms with Crippen molar-refractivity contribution < 1.29 is 23.5 Å². The molecule has 8 nitrogen and oxygen atoms in total. The van der Waals surface area contributed by atoms with Crippen molar-refractivity contribution >= 4 is 11.0 Å². The number of hydrogen-bond donors (Lipinski definition) is 2. The maximum atomic E-state index is 12.5. The summed E-state index contributed by atoms with van der Waals surface area (Å²) in [5, 5.41) is 43.6. The molecule has 0 saturated carbocycles. The number of phenols is 1. The number of halogens is 1. The molecule has 1 aliphatic rings. The average molecular weight is 428 g/mol. The van der Waals surface area contributed by atoms with E-state index in [1.54, 1.807) is 10.4 Å². The second-order valence-corrected chi connectivity index (χ2v) is 7.67. The molecule has 1 fully saturated rings. The molecule has 154 valence electrons. The molecule has 30 heavy (non-hydrogen) atoms. The van der Waals surface area contributed by atoms with E-state index in [1.165, 1.54) is 36.6 Å². The molecule has 0 amide bonds. The van der Waals surface area contributed by atoms with E-state index in [0.717, 1.165) is 12.5 Å². The van der Waals surface area contributed by atoms with Gasteiger partial charge in [0.1, 0.15) is 40.4 Å². The Balaban J connectivity index is 0.000000269. The molecule has 0 radical (unpaired) electrons. The minimum absolute atomic E-state index is 0.0576. The summed E-state index contributed by atoms with van der Waals surface area (Å²) in [5.74, 6) is -0.482. The summed E-state index contributed by atoms with van der Waals surface area (Å²) >= 11 is 0. The Bertz CT molecular complexity index is 1060. The minimum Gasteiger partial charge on any atom is -0.508 e. The Morgan fingerprint density at radius 3 is 2.47 bits per heavy atom. The van der Waals surface area contributed by atoms with Gasteiger partial charge in [-0.15, -0.1) is 5.26 Å². The fraction of sp³-hybridized carbons (Fsp3) is 0.250. The van der Waals surface area contributed by atoms with Crippen molar-refractivity contribution in [1.29, 1.82) is 15.8 Å². The number of nitrogens with zero attached hydrogens (tertiary/aromatic N) is 4. The Morgan fingerprint density at radius 2 is 1.90 bits per heavy atom. The number of hydrogen-bond acceptors (Lipinski definition) is 7. The molecule has 2 N–H and O–H groups in total. The Labute approximate surface area is 175 Å². The summed E-state index contributed by atoms with van der Waals surface area (Å²) in [5.41, 5.74) is 0.168. The standard InChI is InChI=1S/C13H13N3O3S.C7H4FNO/c14-6-11-5-12(19-9-15)1-2-13(11)20(18)16-4-3-10(7-16)8-17;8-7-3-6(10)2-1-5(7)4-9/h1-2,5,10,17H,3-4,7-8H2;1-3,10H. The number of nitriles is 3.